The average Bonchev–Trinajstić information content (AvgIpc) is 2.88. The molecule has 5 heteroatoms. The Morgan fingerprint density at radius 1 is 1.32 bits per heavy atom. The highest BCUT2D eigenvalue weighted by molar-refractivity contribution is 6.29. The van der Waals surface area contributed by atoms with Gasteiger partial charge in [0, 0.05) is 31.5 Å². The molecule has 2 aliphatic heterocycles. The van der Waals surface area contributed by atoms with Crippen LogP contribution in [-0.4, -0.2) is 37.1 Å². The Bertz CT molecular complexity index is 476. The van der Waals surface area contributed by atoms with Crippen molar-refractivity contribution < 1.29 is 9.47 Å². The van der Waals surface area contributed by atoms with Crippen LogP contribution in [0.15, 0.2) is 18.8 Å². The largest absolute Gasteiger partial charge is 0.369 e. The molecule has 3 heterocycles. The lowest BCUT2D eigenvalue weighted by molar-refractivity contribution is -0.169. The van der Waals surface area contributed by atoms with Crippen LogP contribution in [0.4, 0.5) is 5.69 Å². The number of piperidine rings is 1. The summed E-state index contributed by atoms with van der Waals surface area (Å²) in [6.07, 6.45) is 5.39. The Balaban J connectivity index is 1.76. The van der Waals surface area contributed by atoms with Gasteiger partial charge >= 0.3 is 0 Å². The van der Waals surface area contributed by atoms with Crippen molar-refractivity contribution >= 4 is 23.4 Å². The lowest BCUT2D eigenvalue weighted by atomic mass is 10.0. The monoisotopic (exact) mass is 280 g/mol. The number of ether oxygens (including phenoxy) is 2. The van der Waals surface area contributed by atoms with Gasteiger partial charge in [-0.25, -0.2) is 4.98 Å². The van der Waals surface area contributed by atoms with Gasteiger partial charge in [0.15, 0.2) is 5.79 Å². The van der Waals surface area contributed by atoms with Crippen LogP contribution in [0.25, 0.3) is 6.08 Å². The maximum absolute atomic E-state index is 5.92. The van der Waals surface area contributed by atoms with E-state index in [0.717, 1.165) is 37.2 Å². The van der Waals surface area contributed by atoms with E-state index >= 15 is 0 Å². The van der Waals surface area contributed by atoms with E-state index in [-0.39, 0.29) is 5.79 Å². The van der Waals surface area contributed by atoms with Crippen molar-refractivity contribution in [3.8, 4) is 0 Å². The van der Waals surface area contributed by atoms with Gasteiger partial charge in [-0.1, -0.05) is 24.3 Å². The van der Waals surface area contributed by atoms with Crippen molar-refractivity contribution in [2.75, 3.05) is 31.2 Å². The van der Waals surface area contributed by atoms with Crippen molar-refractivity contribution in [3.63, 3.8) is 0 Å². The summed E-state index contributed by atoms with van der Waals surface area (Å²) in [6.45, 7) is 7.04. The zero-order valence-electron chi connectivity index (χ0n) is 10.8. The molecule has 19 heavy (non-hydrogen) atoms. The SMILES string of the molecule is C=Cc1cc(Cl)ncc1N1CCC2(CC1)OCCO2. The van der Waals surface area contributed by atoms with Gasteiger partial charge < -0.3 is 14.4 Å². The van der Waals surface area contributed by atoms with Gasteiger partial charge in [-0.05, 0) is 6.07 Å². The Morgan fingerprint density at radius 2 is 2.00 bits per heavy atom. The maximum atomic E-state index is 5.92. The van der Waals surface area contributed by atoms with Gasteiger partial charge in [0.2, 0.25) is 0 Å². The Morgan fingerprint density at radius 3 is 2.63 bits per heavy atom. The van der Waals surface area contributed by atoms with E-state index in [1.165, 1.54) is 0 Å². The number of nitrogens with zero attached hydrogens (tertiary/aromatic N) is 2. The second-order valence-corrected chi connectivity index (χ2v) is 5.25. The first-order valence-corrected chi connectivity index (χ1v) is 6.91. The number of anilines is 1. The van der Waals surface area contributed by atoms with Crippen LogP contribution in [0.3, 0.4) is 0 Å². The standard InChI is InChI=1S/C14H17ClN2O2/c1-2-11-9-13(15)16-10-12(11)17-5-3-14(4-6-17)18-7-8-19-14/h2,9-10H,1,3-8H2. The molecular weight excluding hydrogens is 264 g/mol. The van der Waals surface area contributed by atoms with E-state index in [1.807, 2.05) is 18.3 Å². The molecule has 0 aromatic carbocycles. The maximum Gasteiger partial charge on any atom is 0.171 e. The molecule has 0 aliphatic carbocycles. The molecule has 2 saturated heterocycles. The highest BCUT2D eigenvalue weighted by atomic mass is 35.5. The molecule has 0 atom stereocenters. The summed E-state index contributed by atoms with van der Waals surface area (Å²) < 4.78 is 11.5. The number of halogens is 1. The van der Waals surface area contributed by atoms with Crippen LogP contribution in [-0.2, 0) is 9.47 Å². The third-order valence-corrected chi connectivity index (χ3v) is 3.99. The van der Waals surface area contributed by atoms with Crippen molar-refractivity contribution in [2.24, 2.45) is 0 Å². The zero-order chi connectivity index (χ0) is 13.3. The van der Waals surface area contributed by atoms with Crippen LogP contribution in [0.1, 0.15) is 18.4 Å². The summed E-state index contributed by atoms with van der Waals surface area (Å²) in [5, 5.41) is 0.495. The van der Waals surface area contributed by atoms with Gasteiger partial charge in [0.05, 0.1) is 25.1 Å². The summed E-state index contributed by atoms with van der Waals surface area (Å²) in [6, 6.07) is 1.84. The Hall–Kier alpha value is -1.10. The molecule has 1 spiro atoms. The molecule has 0 radical (unpaired) electrons. The van der Waals surface area contributed by atoms with E-state index in [2.05, 4.69) is 16.5 Å². The van der Waals surface area contributed by atoms with Crippen LogP contribution in [0.2, 0.25) is 5.15 Å². The summed E-state index contributed by atoms with van der Waals surface area (Å²) in [4.78, 5) is 6.45. The normalized spacial score (nSPS) is 21.8. The molecule has 0 bridgehead atoms. The molecule has 0 unspecified atom stereocenters. The first-order chi connectivity index (χ1) is 9.22. The summed E-state index contributed by atoms with van der Waals surface area (Å²) in [5.74, 6) is -0.343. The first kappa shape index (κ1) is 12.9. The van der Waals surface area contributed by atoms with Gasteiger partial charge in [-0.2, -0.15) is 0 Å². The van der Waals surface area contributed by atoms with Crippen molar-refractivity contribution in [1.29, 1.82) is 0 Å². The molecule has 2 fully saturated rings. The van der Waals surface area contributed by atoms with E-state index in [4.69, 9.17) is 21.1 Å². The van der Waals surface area contributed by atoms with Crippen LogP contribution in [0, 0.1) is 0 Å². The number of rotatable bonds is 2. The molecule has 0 amide bonds. The van der Waals surface area contributed by atoms with Crippen molar-refractivity contribution in [3.05, 3.63) is 29.6 Å². The zero-order valence-corrected chi connectivity index (χ0v) is 11.5. The van der Waals surface area contributed by atoms with E-state index in [1.54, 1.807) is 0 Å². The lowest BCUT2D eigenvalue weighted by Crippen LogP contribution is -2.45. The van der Waals surface area contributed by atoms with Gasteiger partial charge in [-0.15, -0.1) is 0 Å². The summed E-state index contributed by atoms with van der Waals surface area (Å²) >= 11 is 5.92. The minimum absolute atomic E-state index is 0.343. The minimum atomic E-state index is -0.343. The number of aromatic nitrogens is 1. The fourth-order valence-corrected chi connectivity index (χ4v) is 2.90. The number of pyridine rings is 1. The quantitative estimate of drug-likeness (QED) is 0.780. The van der Waals surface area contributed by atoms with Crippen molar-refractivity contribution in [1.82, 2.24) is 4.98 Å². The molecule has 0 saturated carbocycles. The number of hydrogen-bond donors (Lipinski definition) is 0. The topological polar surface area (TPSA) is 34.6 Å². The molecule has 102 valence electrons. The molecule has 1 aromatic heterocycles. The number of hydrogen-bond acceptors (Lipinski definition) is 4. The Kier molecular flexibility index (Phi) is 3.48. The van der Waals surface area contributed by atoms with Crippen LogP contribution in [0.5, 0.6) is 0 Å². The Labute approximate surface area is 118 Å². The highest BCUT2D eigenvalue weighted by Crippen LogP contribution is 2.34. The van der Waals surface area contributed by atoms with Crippen molar-refractivity contribution in [2.45, 2.75) is 18.6 Å². The first-order valence-electron chi connectivity index (χ1n) is 6.53. The van der Waals surface area contributed by atoms with Gasteiger partial charge in [0.25, 0.3) is 0 Å². The third-order valence-electron chi connectivity index (χ3n) is 3.78. The van der Waals surface area contributed by atoms with Crippen LogP contribution < -0.4 is 4.90 Å². The molecule has 3 rings (SSSR count). The fourth-order valence-electron chi connectivity index (χ4n) is 2.74. The molecule has 1 aromatic rings. The lowest BCUT2D eigenvalue weighted by Gasteiger charge is -2.39. The third kappa shape index (κ3) is 2.48. The van der Waals surface area contributed by atoms with Gasteiger partial charge in [0.1, 0.15) is 5.15 Å². The van der Waals surface area contributed by atoms with E-state index < -0.39 is 0 Å². The van der Waals surface area contributed by atoms with Crippen LogP contribution >= 0.6 is 11.6 Å². The fraction of sp³-hybridized carbons (Fsp3) is 0.500. The second-order valence-electron chi connectivity index (χ2n) is 4.86. The highest BCUT2D eigenvalue weighted by Gasteiger charge is 2.40. The molecule has 4 nitrogen and oxygen atoms in total. The second kappa shape index (κ2) is 5.12. The predicted octanol–water partition coefficient (Wildman–Crippen LogP) is 2.72. The molecule has 0 N–H and O–H groups in total. The summed E-state index contributed by atoms with van der Waals surface area (Å²) in [7, 11) is 0. The minimum Gasteiger partial charge on any atom is -0.369 e. The summed E-state index contributed by atoms with van der Waals surface area (Å²) in [5.41, 5.74) is 2.09. The van der Waals surface area contributed by atoms with E-state index in [9.17, 15) is 0 Å². The molecular formula is C14H17ClN2O2. The van der Waals surface area contributed by atoms with Gasteiger partial charge in [-0.3, -0.25) is 0 Å². The molecule has 2 aliphatic rings. The average molecular weight is 281 g/mol. The predicted molar refractivity (Wildman–Crippen MR) is 75.4 cm³/mol. The smallest absolute Gasteiger partial charge is 0.171 e. The van der Waals surface area contributed by atoms with E-state index in [0.29, 0.717) is 18.4 Å².